The summed E-state index contributed by atoms with van der Waals surface area (Å²) in [4.78, 5) is 0. The van der Waals surface area contributed by atoms with E-state index in [-0.39, 0.29) is 0 Å². The van der Waals surface area contributed by atoms with Crippen molar-refractivity contribution < 1.29 is 0 Å². The molecular formula is C7H16N2. The third-order valence-electron chi connectivity index (χ3n) is 1.18. The molecule has 2 nitrogen and oxygen atoms in total. The van der Waals surface area contributed by atoms with E-state index in [1.54, 1.807) is 0 Å². The molecule has 0 heterocycles. The van der Waals surface area contributed by atoms with Crippen LogP contribution >= 0.6 is 0 Å². The third-order valence-corrected chi connectivity index (χ3v) is 1.18. The maximum atomic E-state index is 5.39. The van der Waals surface area contributed by atoms with Crippen LogP contribution in [0.3, 0.4) is 0 Å². The average molecular weight is 128 g/mol. The van der Waals surface area contributed by atoms with Gasteiger partial charge in [-0.25, -0.2) is 0 Å². The van der Waals surface area contributed by atoms with Crippen molar-refractivity contribution in [2.45, 2.75) is 6.92 Å². The molecule has 0 aromatic heterocycles. The summed E-state index contributed by atoms with van der Waals surface area (Å²) in [7, 11) is 0. The van der Waals surface area contributed by atoms with Gasteiger partial charge in [-0.2, -0.15) is 0 Å². The minimum absolute atomic E-state index is 0.574. The van der Waals surface area contributed by atoms with Crippen LogP contribution in [0.5, 0.6) is 0 Å². The third kappa shape index (κ3) is 5.53. The molecule has 54 valence electrons. The van der Waals surface area contributed by atoms with Gasteiger partial charge in [0.15, 0.2) is 0 Å². The van der Waals surface area contributed by atoms with Crippen LogP contribution in [0.15, 0.2) is 12.7 Å². The van der Waals surface area contributed by atoms with Crippen molar-refractivity contribution in [2.75, 3.05) is 19.6 Å². The van der Waals surface area contributed by atoms with Crippen molar-refractivity contribution in [3.63, 3.8) is 0 Å². The lowest BCUT2D eigenvalue weighted by Gasteiger charge is -2.06. The highest BCUT2D eigenvalue weighted by Gasteiger charge is 1.94. The smallest absolute Gasteiger partial charge is 0.0132 e. The van der Waals surface area contributed by atoms with E-state index in [4.69, 9.17) is 5.73 Å². The summed E-state index contributed by atoms with van der Waals surface area (Å²) in [6.07, 6.45) is 1.85. The Morgan fingerprint density at radius 1 is 1.78 bits per heavy atom. The first kappa shape index (κ1) is 8.66. The second-order valence-corrected chi connectivity index (χ2v) is 2.29. The fourth-order valence-electron chi connectivity index (χ4n) is 0.515. The zero-order valence-corrected chi connectivity index (χ0v) is 6.06. The Hall–Kier alpha value is -0.340. The molecule has 0 radical (unpaired) electrons. The van der Waals surface area contributed by atoms with Crippen LogP contribution in [0.4, 0.5) is 0 Å². The van der Waals surface area contributed by atoms with Gasteiger partial charge in [-0.15, -0.1) is 6.58 Å². The summed E-state index contributed by atoms with van der Waals surface area (Å²) < 4.78 is 0. The number of hydrogen-bond acceptors (Lipinski definition) is 2. The van der Waals surface area contributed by atoms with E-state index in [0.717, 1.165) is 19.6 Å². The molecule has 0 fully saturated rings. The first-order valence-corrected chi connectivity index (χ1v) is 3.33. The standard InChI is InChI=1S/C7H16N2/c1-3-4-9-6-7(2)5-8/h3,7,9H,1,4-6,8H2,2H3/t7-/m0/s1. The Morgan fingerprint density at radius 2 is 2.44 bits per heavy atom. The van der Waals surface area contributed by atoms with Gasteiger partial charge in [0.1, 0.15) is 0 Å². The van der Waals surface area contributed by atoms with E-state index in [2.05, 4.69) is 18.8 Å². The maximum absolute atomic E-state index is 5.39. The molecule has 9 heavy (non-hydrogen) atoms. The highest BCUT2D eigenvalue weighted by Crippen LogP contribution is 1.85. The van der Waals surface area contributed by atoms with E-state index in [1.807, 2.05) is 6.08 Å². The first-order chi connectivity index (χ1) is 4.31. The molecule has 2 heteroatoms. The van der Waals surface area contributed by atoms with Crippen LogP contribution in [0.2, 0.25) is 0 Å². The van der Waals surface area contributed by atoms with Crippen LogP contribution in [0.25, 0.3) is 0 Å². The quantitative estimate of drug-likeness (QED) is 0.414. The van der Waals surface area contributed by atoms with Crippen LogP contribution < -0.4 is 11.1 Å². The van der Waals surface area contributed by atoms with E-state index in [1.165, 1.54) is 0 Å². The first-order valence-electron chi connectivity index (χ1n) is 3.33. The van der Waals surface area contributed by atoms with Gasteiger partial charge in [-0.05, 0) is 19.0 Å². The largest absolute Gasteiger partial charge is 0.330 e. The van der Waals surface area contributed by atoms with Gasteiger partial charge < -0.3 is 11.1 Å². The molecule has 0 unspecified atom stereocenters. The second-order valence-electron chi connectivity index (χ2n) is 2.29. The van der Waals surface area contributed by atoms with Gasteiger partial charge in [0.2, 0.25) is 0 Å². The fraction of sp³-hybridized carbons (Fsp3) is 0.714. The van der Waals surface area contributed by atoms with Gasteiger partial charge in [0.25, 0.3) is 0 Å². The Morgan fingerprint density at radius 3 is 2.89 bits per heavy atom. The average Bonchev–Trinajstić information content (AvgIpc) is 1.89. The minimum atomic E-state index is 0.574. The topological polar surface area (TPSA) is 38.0 Å². The van der Waals surface area contributed by atoms with Crippen molar-refractivity contribution in [1.82, 2.24) is 5.32 Å². The van der Waals surface area contributed by atoms with Crippen LogP contribution in [0.1, 0.15) is 6.92 Å². The van der Waals surface area contributed by atoms with Crippen LogP contribution in [-0.4, -0.2) is 19.6 Å². The Bertz CT molecular complexity index is 71.3. The lowest BCUT2D eigenvalue weighted by molar-refractivity contribution is 0.541. The molecule has 0 aromatic carbocycles. The molecule has 0 spiro atoms. The van der Waals surface area contributed by atoms with Crippen LogP contribution in [0, 0.1) is 5.92 Å². The SMILES string of the molecule is C=CCNC[C@@H](C)CN. The van der Waals surface area contributed by atoms with Crippen molar-refractivity contribution >= 4 is 0 Å². The zero-order chi connectivity index (χ0) is 7.11. The van der Waals surface area contributed by atoms with Gasteiger partial charge in [-0.3, -0.25) is 0 Å². The molecule has 0 aliphatic heterocycles. The van der Waals surface area contributed by atoms with Crippen molar-refractivity contribution in [3.05, 3.63) is 12.7 Å². The molecule has 0 aliphatic carbocycles. The Kier molecular flexibility index (Phi) is 5.57. The molecule has 0 bridgehead atoms. The molecule has 3 N–H and O–H groups in total. The highest BCUT2D eigenvalue weighted by molar-refractivity contribution is 4.70. The molecule has 0 rings (SSSR count). The molecular weight excluding hydrogens is 112 g/mol. The summed E-state index contributed by atoms with van der Waals surface area (Å²) in [5.41, 5.74) is 5.39. The molecule has 0 amide bonds. The summed E-state index contributed by atoms with van der Waals surface area (Å²) in [6.45, 7) is 8.33. The summed E-state index contributed by atoms with van der Waals surface area (Å²) in [5, 5.41) is 3.19. The maximum Gasteiger partial charge on any atom is 0.0132 e. The van der Waals surface area contributed by atoms with Gasteiger partial charge in [0, 0.05) is 6.54 Å². The second kappa shape index (κ2) is 5.79. The number of nitrogens with one attached hydrogen (secondary N) is 1. The normalized spacial score (nSPS) is 13.1. The summed E-state index contributed by atoms with van der Waals surface area (Å²) in [5.74, 6) is 0.574. The van der Waals surface area contributed by atoms with E-state index in [9.17, 15) is 0 Å². The van der Waals surface area contributed by atoms with E-state index in [0.29, 0.717) is 5.92 Å². The number of nitrogens with two attached hydrogens (primary N) is 1. The fourth-order valence-corrected chi connectivity index (χ4v) is 0.515. The summed E-state index contributed by atoms with van der Waals surface area (Å²) >= 11 is 0. The van der Waals surface area contributed by atoms with Gasteiger partial charge in [0.05, 0.1) is 0 Å². The molecule has 0 aliphatic rings. The molecule has 0 saturated heterocycles. The minimum Gasteiger partial charge on any atom is -0.330 e. The lowest BCUT2D eigenvalue weighted by Crippen LogP contribution is -2.25. The van der Waals surface area contributed by atoms with Crippen molar-refractivity contribution in [3.8, 4) is 0 Å². The van der Waals surface area contributed by atoms with Gasteiger partial charge >= 0.3 is 0 Å². The predicted octanol–water partition coefficient (Wildman–Crippen LogP) is 0.357. The Labute approximate surface area is 57.1 Å². The van der Waals surface area contributed by atoms with E-state index >= 15 is 0 Å². The van der Waals surface area contributed by atoms with Crippen molar-refractivity contribution in [1.29, 1.82) is 0 Å². The lowest BCUT2D eigenvalue weighted by atomic mass is 10.2. The zero-order valence-electron chi connectivity index (χ0n) is 6.06. The Balaban J connectivity index is 2.96. The monoisotopic (exact) mass is 128 g/mol. The summed E-state index contributed by atoms with van der Waals surface area (Å²) in [6, 6.07) is 0. The highest BCUT2D eigenvalue weighted by atomic mass is 14.8. The van der Waals surface area contributed by atoms with Gasteiger partial charge in [-0.1, -0.05) is 13.0 Å². The molecule has 0 saturated carbocycles. The molecule has 0 aromatic rings. The predicted molar refractivity (Wildman–Crippen MR) is 41.3 cm³/mol. The van der Waals surface area contributed by atoms with Crippen LogP contribution in [-0.2, 0) is 0 Å². The molecule has 1 atom stereocenters. The van der Waals surface area contributed by atoms with Crippen molar-refractivity contribution in [2.24, 2.45) is 11.7 Å². The van der Waals surface area contributed by atoms with E-state index < -0.39 is 0 Å². The number of rotatable bonds is 5. The number of hydrogen-bond donors (Lipinski definition) is 2.